The van der Waals surface area contributed by atoms with Crippen molar-refractivity contribution in [1.29, 1.82) is 0 Å². The van der Waals surface area contributed by atoms with Crippen LogP contribution < -0.4 is 19.5 Å². The van der Waals surface area contributed by atoms with Crippen LogP contribution in [0.2, 0.25) is 5.02 Å². The maximum absolute atomic E-state index is 12.7. The van der Waals surface area contributed by atoms with Gasteiger partial charge in [0.1, 0.15) is 11.5 Å². The Morgan fingerprint density at radius 2 is 1.67 bits per heavy atom. The lowest BCUT2D eigenvalue weighted by atomic mass is 10.1. The number of anilines is 1. The van der Waals surface area contributed by atoms with Gasteiger partial charge < -0.3 is 14.8 Å². The van der Waals surface area contributed by atoms with Crippen LogP contribution >= 0.6 is 11.6 Å². The smallest absolute Gasteiger partial charge is 0.262 e. The van der Waals surface area contributed by atoms with Crippen LogP contribution in [0.1, 0.15) is 25.5 Å². The van der Waals surface area contributed by atoms with Gasteiger partial charge in [-0.05, 0) is 49.7 Å². The lowest BCUT2D eigenvalue weighted by Gasteiger charge is -2.15. The minimum Gasteiger partial charge on any atom is -0.492 e. The predicted octanol–water partition coefficient (Wildman–Crippen LogP) is 4.80. The van der Waals surface area contributed by atoms with E-state index in [1.165, 1.54) is 18.2 Å². The van der Waals surface area contributed by atoms with E-state index in [2.05, 4.69) is 10.0 Å². The number of carbonyl (C=O) groups is 1. The number of hydrogen-bond acceptors (Lipinski definition) is 5. The van der Waals surface area contributed by atoms with Crippen LogP contribution in [0.25, 0.3) is 0 Å². The topological polar surface area (TPSA) is 93.7 Å². The molecule has 7 nitrogen and oxygen atoms in total. The van der Waals surface area contributed by atoms with Gasteiger partial charge in [0.05, 0.1) is 22.2 Å². The summed E-state index contributed by atoms with van der Waals surface area (Å²) >= 11 is 6.23. The lowest BCUT2D eigenvalue weighted by molar-refractivity contribution is -0.118. The molecule has 0 radical (unpaired) electrons. The molecule has 1 amide bonds. The summed E-state index contributed by atoms with van der Waals surface area (Å²) < 4.78 is 39.1. The van der Waals surface area contributed by atoms with Crippen molar-refractivity contribution >= 4 is 33.2 Å². The number of rotatable bonds is 10. The number of para-hydroxylation sites is 2. The summed E-state index contributed by atoms with van der Waals surface area (Å²) in [5.74, 6) is 0.339. The average Bonchev–Trinajstić information content (AvgIpc) is 2.80. The van der Waals surface area contributed by atoms with Crippen LogP contribution in [0.4, 0.5) is 5.69 Å². The van der Waals surface area contributed by atoms with Crippen LogP contribution in [-0.4, -0.2) is 27.5 Å². The maximum atomic E-state index is 12.7. The van der Waals surface area contributed by atoms with Gasteiger partial charge in [-0.1, -0.05) is 54.1 Å². The molecular weight excluding hydrogens is 464 g/mol. The molecule has 33 heavy (non-hydrogen) atoms. The normalized spacial score (nSPS) is 12.1. The van der Waals surface area contributed by atoms with Crippen molar-refractivity contribution in [3.05, 3.63) is 83.4 Å². The fourth-order valence-electron chi connectivity index (χ4n) is 3.06. The molecule has 9 heteroatoms. The zero-order valence-corrected chi connectivity index (χ0v) is 19.8. The van der Waals surface area contributed by atoms with Crippen molar-refractivity contribution in [2.24, 2.45) is 0 Å². The van der Waals surface area contributed by atoms with Crippen molar-refractivity contribution < 1.29 is 22.7 Å². The Bertz CT molecular complexity index is 1200. The van der Waals surface area contributed by atoms with Gasteiger partial charge in [-0.3, -0.25) is 4.79 Å². The Morgan fingerprint density at radius 1 is 0.970 bits per heavy atom. The second-order valence-electron chi connectivity index (χ2n) is 7.11. The Balaban J connectivity index is 1.63. The molecule has 0 unspecified atom stereocenters. The molecule has 0 heterocycles. The fraction of sp³-hybridized carbons (Fsp3) is 0.208. The van der Waals surface area contributed by atoms with Gasteiger partial charge in [0, 0.05) is 6.04 Å². The molecule has 1 atom stereocenters. The van der Waals surface area contributed by atoms with E-state index in [1.54, 1.807) is 25.1 Å². The third-order valence-corrected chi connectivity index (χ3v) is 6.50. The number of ether oxygens (including phenoxy) is 2. The second kappa shape index (κ2) is 11.2. The highest BCUT2D eigenvalue weighted by atomic mass is 35.5. The van der Waals surface area contributed by atoms with Gasteiger partial charge in [0.25, 0.3) is 5.91 Å². The van der Waals surface area contributed by atoms with Crippen molar-refractivity contribution in [2.45, 2.75) is 24.8 Å². The number of nitrogens with one attached hydrogen (secondary N) is 2. The number of benzene rings is 3. The Labute approximate surface area is 198 Å². The van der Waals surface area contributed by atoms with Gasteiger partial charge in [0.2, 0.25) is 10.0 Å². The first kappa shape index (κ1) is 24.6. The maximum Gasteiger partial charge on any atom is 0.262 e. The van der Waals surface area contributed by atoms with E-state index in [1.807, 2.05) is 43.3 Å². The third kappa shape index (κ3) is 6.71. The third-order valence-electron chi connectivity index (χ3n) is 4.66. The molecule has 0 aliphatic carbocycles. The highest BCUT2D eigenvalue weighted by Crippen LogP contribution is 2.28. The Hall–Kier alpha value is -3.07. The van der Waals surface area contributed by atoms with Gasteiger partial charge in [-0.15, -0.1) is 0 Å². The molecule has 0 saturated carbocycles. The molecular formula is C24H25ClN2O5S. The monoisotopic (exact) mass is 488 g/mol. The standard InChI is InChI=1S/C24H25ClN2O5S/c1-3-31-23-12-8-7-11-21(23)26-24(28)16-32-22-14-13-19(15-20(22)25)33(29,30)27-17(2)18-9-5-4-6-10-18/h4-15,17,27H,3,16H2,1-2H3,(H,26,28)/t17-/m0/s1. The molecule has 3 rings (SSSR count). The largest absolute Gasteiger partial charge is 0.492 e. The van der Waals surface area contributed by atoms with Crippen LogP contribution in [0, 0.1) is 0 Å². The van der Waals surface area contributed by atoms with Crippen molar-refractivity contribution in [1.82, 2.24) is 4.72 Å². The molecule has 0 bridgehead atoms. The highest BCUT2D eigenvalue weighted by Gasteiger charge is 2.20. The first-order chi connectivity index (χ1) is 15.8. The average molecular weight is 489 g/mol. The summed E-state index contributed by atoms with van der Waals surface area (Å²) in [5.41, 5.74) is 1.36. The summed E-state index contributed by atoms with van der Waals surface area (Å²) in [6.45, 7) is 3.77. The highest BCUT2D eigenvalue weighted by molar-refractivity contribution is 7.89. The molecule has 0 aliphatic rings. The fourth-order valence-corrected chi connectivity index (χ4v) is 4.61. The van der Waals surface area contributed by atoms with E-state index in [-0.39, 0.29) is 22.3 Å². The molecule has 0 spiro atoms. The summed E-state index contributed by atoms with van der Waals surface area (Å²) in [7, 11) is -3.81. The number of amides is 1. The van der Waals surface area contributed by atoms with Gasteiger partial charge in [-0.25, -0.2) is 13.1 Å². The van der Waals surface area contributed by atoms with Crippen molar-refractivity contribution in [3.8, 4) is 11.5 Å². The molecule has 0 saturated heterocycles. The second-order valence-corrected chi connectivity index (χ2v) is 9.23. The van der Waals surface area contributed by atoms with Crippen molar-refractivity contribution in [2.75, 3.05) is 18.5 Å². The Morgan fingerprint density at radius 3 is 2.36 bits per heavy atom. The van der Waals surface area contributed by atoms with Crippen LogP contribution in [0.3, 0.4) is 0 Å². The SMILES string of the molecule is CCOc1ccccc1NC(=O)COc1ccc(S(=O)(=O)N[C@@H](C)c2ccccc2)cc1Cl. The van der Waals surface area contributed by atoms with Gasteiger partial charge in [-0.2, -0.15) is 0 Å². The Kier molecular flexibility index (Phi) is 8.32. The van der Waals surface area contributed by atoms with E-state index in [0.29, 0.717) is 18.0 Å². The van der Waals surface area contributed by atoms with Crippen LogP contribution in [-0.2, 0) is 14.8 Å². The molecule has 2 N–H and O–H groups in total. The first-order valence-corrected chi connectivity index (χ1v) is 12.2. The molecule has 3 aromatic carbocycles. The quantitative estimate of drug-likeness (QED) is 0.427. The zero-order chi connectivity index (χ0) is 23.8. The lowest BCUT2D eigenvalue weighted by Crippen LogP contribution is -2.27. The summed E-state index contributed by atoms with van der Waals surface area (Å²) in [6.07, 6.45) is 0. The van der Waals surface area contributed by atoms with E-state index < -0.39 is 22.0 Å². The zero-order valence-electron chi connectivity index (χ0n) is 18.2. The van der Waals surface area contributed by atoms with E-state index in [9.17, 15) is 13.2 Å². The van der Waals surface area contributed by atoms with Crippen LogP contribution in [0.15, 0.2) is 77.7 Å². The minimum atomic E-state index is -3.81. The summed E-state index contributed by atoms with van der Waals surface area (Å²) in [4.78, 5) is 12.3. The first-order valence-electron chi connectivity index (χ1n) is 10.3. The van der Waals surface area contributed by atoms with E-state index in [0.717, 1.165) is 5.56 Å². The number of carbonyl (C=O) groups excluding carboxylic acids is 1. The van der Waals surface area contributed by atoms with Gasteiger partial charge in [0.15, 0.2) is 6.61 Å². The minimum absolute atomic E-state index is 0.00211. The number of hydrogen-bond donors (Lipinski definition) is 2. The van der Waals surface area contributed by atoms with E-state index in [4.69, 9.17) is 21.1 Å². The molecule has 0 aromatic heterocycles. The van der Waals surface area contributed by atoms with E-state index >= 15 is 0 Å². The van der Waals surface area contributed by atoms with Crippen molar-refractivity contribution in [3.63, 3.8) is 0 Å². The summed E-state index contributed by atoms with van der Waals surface area (Å²) in [6, 6.07) is 20.0. The molecule has 0 fully saturated rings. The summed E-state index contributed by atoms with van der Waals surface area (Å²) in [5, 5.41) is 2.80. The molecule has 3 aromatic rings. The molecule has 0 aliphatic heterocycles. The predicted molar refractivity (Wildman–Crippen MR) is 128 cm³/mol. The molecule has 174 valence electrons. The number of halogens is 1. The van der Waals surface area contributed by atoms with Crippen LogP contribution in [0.5, 0.6) is 11.5 Å². The van der Waals surface area contributed by atoms with Gasteiger partial charge >= 0.3 is 0 Å². The number of sulfonamides is 1.